The minimum Gasteiger partial charge on any atom is -0.462 e. The van der Waals surface area contributed by atoms with Crippen molar-refractivity contribution >= 4 is 39.5 Å². The van der Waals surface area contributed by atoms with E-state index >= 15 is 0 Å². The molecule has 0 spiro atoms. The highest BCUT2D eigenvalue weighted by atomic mass is 31.2. The molecule has 0 rings (SSSR count). The first kappa shape index (κ1) is 93.5. The average molecular weight is 1410 g/mol. The Labute approximate surface area is 586 Å². The molecule has 96 heavy (non-hydrogen) atoms. The van der Waals surface area contributed by atoms with E-state index in [4.69, 9.17) is 37.0 Å². The highest BCUT2D eigenvalue weighted by molar-refractivity contribution is 7.47. The topological polar surface area (TPSA) is 237 Å². The summed E-state index contributed by atoms with van der Waals surface area (Å²) in [4.78, 5) is 72.9. The van der Waals surface area contributed by atoms with Crippen LogP contribution in [0.5, 0.6) is 0 Å². The number of hydrogen-bond acceptors (Lipinski definition) is 15. The van der Waals surface area contributed by atoms with Crippen molar-refractivity contribution < 1.29 is 80.2 Å². The molecule has 0 aromatic heterocycles. The molecule has 0 aliphatic carbocycles. The third kappa shape index (κ3) is 70.0. The van der Waals surface area contributed by atoms with Crippen molar-refractivity contribution in [2.24, 2.45) is 0 Å². The molecule has 0 aliphatic heterocycles. The average Bonchev–Trinajstić information content (AvgIpc) is 1.14. The van der Waals surface area contributed by atoms with E-state index in [0.717, 1.165) is 116 Å². The fraction of sp³-hybridized carbons (Fsp3) is 0.896. The second-order valence-electron chi connectivity index (χ2n) is 27.0. The normalized spacial score (nSPS) is 14.0. The van der Waals surface area contributed by atoms with Crippen molar-refractivity contribution in [2.75, 3.05) is 39.6 Å². The van der Waals surface area contributed by atoms with Gasteiger partial charge in [0.15, 0.2) is 12.2 Å². The minimum absolute atomic E-state index is 0.102. The molecule has 0 amide bonds. The monoisotopic (exact) mass is 1410 g/mol. The lowest BCUT2D eigenvalue weighted by molar-refractivity contribution is -0.161. The molecule has 0 fully saturated rings. The van der Waals surface area contributed by atoms with Gasteiger partial charge in [0.25, 0.3) is 0 Å². The van der Waals surface area contributed by atoms with Gasteiger partial charge in [-0.2, -0.15) is 0 Å². The summed E-state index contributed by atoms with van der Waals surface area (Å²) in [5, 5.41) is 10.6. The Morgan fingerprint density at radius 3 is 0.792 bits per heavy atom. The van der Waals surface area contributed by atoms with E-state index in [1.807, 2.05) is 0 Å². The lowest BCUT2D eigenvalue weighted by Gasteiger charge is -2.21. The summed E-state index contributed by atoms with van der Waals surface area (Å²) in [6.45, 7) is 4.94. The number of unbranched alkanes of at least 4 members (excludes halogenated alkanes) is 46. The van der Waals surface area contributed by atoms with Gasteiger partial charge in [-0.15, -0.1) is 0 Å². The van der Waals surface area contributed by atoms with Crippen LogP contribution in [0.15, 0.2) is 24.3 Å². The molecular formula is C77H146O17P2. The quantitative estimate of drug-likeness (QED) is 0.0169. The maximum absolute atomic E-state index is 13.1. The van der Waals surface area contributed by atoms with Gasteiger partial charge in [0.2, 0.25) is 0 Å². The van der Waals surface area contributed by atoms with Gasteiger partial charge in [0.05, 0.1) is 26.4 Å². The van der Waals surface area contributed by atoms with E-state index < -0.39 is 97.5 Å². The second-order valence-corrected chi connectivity index (χ2v) is 29.9. The molecule has 0 radical (unpaired) electrons. The highest BCUT2D eigenvalue weighted by Crippen LogP contribution is 2.45. The van der Waals surface area contributed by atoms with E-state index in [0.29, 0.717) is 25.7 Å². The molecule has 2 unspecified atom stereocenters. The van der Waals surface area contributed by atoms with Crippen molar-refractivity contribution in [2.45, 2.75) is 406 Å². The van der Waals surface area contributed by atoms with Gasteiger partial charge in [-0.1, -0.05) is 328 Å². The molecule has 0 saturated carbocycles. The van der Waals surface area contributed by atoms with Gasteiger partial charge < -0.3 is 33.8 Å². The number of phosphoric acid groups is 2. The van der Waals surface area contributed by atoms with E-state index in [1.165, 1.54) is 193 Å². The zero-order valence-corrected chi connectivity index (χ0v) is 63.6. The van der Waals surface area contributed by atoms with Crippen LogP contribution in [0.4, 0.5) is 0 Å². The minimum atomic E-state index is -4.96. The van der Waals surface area contributed by atoms with Crippen molar-refractivity contribution in [1.82, 2.24) is 0 Å². The van der Waals surface area contributed by atoms with Crippen molar-refractivity contribution in [3.63, 3.8) is 0 Å². The predicted octanol–water partition coefficient (Wildman–Crippen LogP) is 22.6. The van der Waals surface area contributed by atoms with Gasteiger partial charge in [0.1, 0.15) is 19.3 Å². The van der Waals surface area contributed by atoms with E-state index in [2.05, 4.69) is 52.0 Å². The third-order valence-corrected chi connectivity index (χ3v) is 19.4. The zero-order chi connectivity index (χ0) is 70.4. The maximum Gasteiger partial charge on any atom is 0.472 e. The number of allylic oxidation sites excluding steroid dienone is 4. The number of carbonyl (C=O) groups excluding carboxylic acids is 4. The summed E-state index contributed by atoms with van der Waals surface area (Å²) in [7, 11) is -9.92. The Bertz CT molecular complexity index is 1920. The van der Waals surface area contributed by atoms with E-state index in [-0.39, 0.29) is 25.7 Å². The van der Waals surface area contributed by atoms with Gasteiger partial charge in [-0.05, 0) is 57.8 Å². The van der Waals surface area contributed by atoms with Crippen LogP contribution in [0.3, 0.4) is 0 Å². The van der Waals surface area contributed by atoms with Crippen LogP contribution >= 0.6 is 15.6 Å². The van der Waals surface area contributed by atoms with Crippen LogP contribution in [0.2, 0.25) is 0 Å². The Morgan fingerprint density at radius 1 is 0.292 bits per heavy atom. The molecule has 5 atom stereocenters. The molecule has 0 saturated heterocycles. The Kier molecular flexibility index (Phi) is 69.1. The van der Waals surface area contributed by atoms with Crippen LogP contribution in [-0.4, -0.2) is 96.7 Å². The molecule has 0 aromatic carbocycles. The second kappa shape index (κ2) is 71.0. The molecule has 566 valence electrons. The van der Waals surface area contributed by atoms with Crippen LogP contribution in [-0.2, 0) is 65.4 Å². The standard InChI is InChI=1S/C77H146O17P2/c1-5-9-13-17-21-25-29-33-35-39-41-45-49-53-57-61-74(79)87-67-72(93-76(81)63-59-55-51-47-43-37-31-27-23-19-15-11-7-3)69-91-95(83,84)89-65-71(78)66-90-96(85,86)92-70-73(94-77(82)64-60-56-52-48-44-38-32-28-24-20-16-12-8-4)68-88-75(80)62-58-54-50-46-42-40-36-34-30-26-22-18-14-10-6-2/h21,25,33,35,71-73,78H,5-20,22-24,26-32,34,36-70H2,1-4H3,(H,83,84)(H,85,86)/b25-21-,35-33-/t71-,72+,73+/m0/s1. The smallest absolute Gasteiger partial charge is 0.462 e. The fourth-order valence-electron chi connectivity index (χ4n) is 11.4. The number of aliphatic hydroxyl groups is 1. The number of rotatable bonds is 76. The van der Waals surface area contributed by atoms with E-state index in [1.54, 1.807) is 0 Å². The Balaban J connectivity index is 5.28. The molecule has 0 aromatic rings. The van der Waals surface area contributed by atoms with Crippen LogP contribution in [0.1, 0.15) is 387 Å². The molecule has 19 heteroatoms. The summed E-state index contributed by atoms with van der Waals surface area (Å²) < 4.78 is 68.6. The first-order valence-corrected chi connectivity index (χ1v) is 42.6. The predicted molar refractivity (Wildman–Crippen MR) is 391 cm³/mol. The summed E-state index contributed by atoms with van der Waals surface area (Å²) in [5.74, 6) is -2.14. The van der Waals surface area contributed by atoms with E-state index in [9.17, 15) is 43.2 Å². The summed E-state index contributed by atoms with van der Waals surface area (Å²) >= 11 is 0. The van der Waals surface area contributed by atoms with Gasteiger partial charge in [-0.3, -0.25) is 37.3 Å². The van der Waals surface area contributed by atoms with Crippen LogP contribution < -0.4 is 0 Å². The van der Waals surface area contributed by atoms with Crippen molar-refractivity contribution in [1.29, 1.82) is 0 Å². The lowest BCUT2D eigenvalue weighted by Crippen LogP contribution is -2.30. The van der Waals surface area contributed by atoms with Gasteiger partial charge >= 0.3 is 39.5 Å². The molecule has 3 N–H and O–H groups in total. The first-order valence-electron chi connectivity index (χ1n) is 39.6. The van der Waals surface area contributed by atoms with Crippen LogP contribution in [0, 0.1) is 0 Å². The van der Waals surface area contributed by atoms with Gasteiger partial charge in [-0.25, -0.2) is 9.13 Å². The Morgan fingerprint density at radius 2 is 0.510 bits per heavy atom. The molecule has 0 heterocycles. The summed E-state index contributed by atoms with van der Waals surface area (Å²) in [6, 6.07) is 0. The molecule has 0 aliphatic rings. The van der Waals surface area contributed by atoms with Crippen molar-refractivity contribution in [3.8, 4) is 0 Å². The highest BCUT2D eigenvalue weighted by Gasteiger charge is 2.30. The number of hydrogen-bond donors (Lipinski definition) is 3. The third-order valence-electron chi connectivity index (χ3n) is 17.4. The summed E-state index contributed by atoms with van der Waals surface area (Å²) in [5.41, 5.74) is 0. The van der Waals surface area contributed by atoms with Crippen LogP contribution in [0.25, 0.3) is 0 Å². The van der Waals surface area contributed by atoms with Crippen molar-refractivity contribution in [3.05, 3.63) is 24.3 Å². The first-order chi connectivity index (χ1) is 46.7. The summed E-state index contributed by atoms with van der Waals surface area (Å²) in [6.07, 6.45) is 64.4. The largest absolute Gasteiger partial charge is 0.472 e. The number of phosphoric ester groups is 2. The molecular weight excluding hydrogens is 1260 g/mol. The zero-order valence-electron chi connectivity index (χ0n) is 61.8. The number of carbonyl (C=O) groups is 4. The number of esters is 4. The maximum atomic E-state index is 13.1. The van der Waals surface area contributed by atoms with Gasteiger partial charge in [0, 0.05) is 25.7 Å². The Hall–Kier alpha value is -2.46. The lowest BCUT2D eigenvalue weighted by atomic mass is 10.0. The number of aliphatic hydroxyl groups excluding tert-OH is 1. The number of ether oxygens (including phenoxy) is 4. The SMILES string of the molecule is CCCCC/C=C\C/C=C\CCCCCCCC(=O)OC[C@H](COP(=O)(O)OC[C@H](O)COP(=O)(O)OC[C@@H](COC(=O)CCCCCCCCCCCCCCCCC)OC(=O)CCCCCCCCCCCCCCC)OC(=O)CCCCCCCCCCCCCCC. The molecule has 0 bridgehead atoms. The fourth-order valence-corrected chi connectivity index (χ4v) is 13.0. The molecule has 17 nitrogen and oxygen atoms in total.